The summed E-state index contributed by atoms with van der Waals surface area (Å²) in [6.07, 6.45) is -0.197. The Hall–Kier alpha value is -1.04. The summed E-state index contributed by atoms with van der Waals surface area (Å²) in [7, 11) is 0. The molecule has 0 saturated carbocycles. The summed E-state index contributed by atoms with van der Waals surface area (Å²) in [6.45, 7) is 0. The number of carboxylic acids is 2. The molecule has 0 aromatic heterocycles. The van der Waals surface area contributed by atoms with E-state index in [0.29, 0.717) is 0 Å². The predicted octanol–water partition coefficient (Wildman–Crippen LogP) is -0.0199. The van der Waals surface area contributed by atoms with Crippen LogP contribution in [0.2, 0.25) is 0 Å². The number of aliphatic carboxylic acids is 2. The van der Waals surface area contributed by atoms with Gasteiger partial charge in [-0.1, -0.05) is 0 Å². The second-order valence-corrected chi connectivity index (χ2v) is 2.82. The molecular formula is C6H9O5S+. The third-order valence-corrected chi connectivity index (χ3v) is 1.86. The standard InChI is InChI=1S/C6H8O5S/c7-5(8)2-1-4(3-12-11)6(9)10/h4H,1-3H2,(H-,7,8,9,10)/p+1. The first kappa shape index (κ1) is 11.0. The lowest BCUT2D eigenvalue weighted by Gasteiger charge is -2.00. The molecule has 0 fully saturated rings. The first-order valence-electron chi connectivity index (χ1n) is 3.27. The Morgan fingerprint density at radius 1 is 1.33 bits per heavy atom. The summed E-state index contributed by atoms with van der Waals surface area (Å²) in [5.41, 5.74) is 0. The van der Waals surface area contributed by atoms with Gasteiger partial charge in [-0.25, -0.2) is 0 Å². The third-order valence-electron chi connectivity index (χ3n) is 1.33. The number of carbonyl (C=O) groups is 2. The topological polar surface area (TPSA) is 91.7 Å². The maximum absolute atomic E-state index is 10.4. The smallest absolute Gasteiger partial charge is 0.459 e. The first-order chi connectivity index (χ1) is 5.57. The third kappa shape index (κ3) is 4.73. The van der Waals surface area contributed by atoms with Crippen molar-refractivity contribution < 1.29 is 24.0 Å². The summed E-state index contributed by atoms with van der Waals surface area (Å²) in [5.74, 6) is -3.08. The summed E-state index contributed by atoms with van der Waals surface area (Å²) in [6, 6.07) is 0. The minimum absolute atomic E-state index is 0.0138. The summed E-state index contributed by atoms with van der Waals surface area (Å²) < 4.78 is 10.00. The van der Waals surface area contributed by atoms with E-state index in [1.54, 1.807) is 0 Å². The fourth-order valence-electron chi connectivity index (χ4n) is 0.658. The first-order valence-corrected chi connectivity index (χ1v) is 4.18. The van der Waals surface area contributed by atoms with Crippen LogP contribution >= 0.6 is 0 Å². The number of hydrogen-bond acceptors (Lipinski definition) is 3. The molecule has 0 radical (unpaired) electrons. The van der Waals surface area contributed by atoms with E-state index >= 15 is 0 Å². The monoisotopic (exact) mass is 193 g/mol. The van der Waals surface area contributed by atoms with Gasteiger partial charge in [-0.15, -0.1) is 0 Å². The Morgan fingerprint density at radius 3 is 2.25 bits per heavy atom. The van der Waals surface area contributed by atoms with Gasteiger partial charge in [0.05, 0.1) is 0 Å². The lowest BCUT2D eigenvalue weighted by Crippen LogP contribution is -2.18. The van der Waals surface area contributed by atoms with E-state index in [-0.39, 0.29) is 30.3 Å². The molecule has 0 aliphatic heterocycles. The minimum atomic E-state index is -1.11. The van der Waals surface area contributed by atoms with E-state index in [2.05, 4.69) is 0 Å². The van der Waals surface area contributed by atoms with Crippen LogP contribution in [0.1, 0.15) is 12.8 Å². The number of hydrogen-bond donors (Lipinski definition) is 2. The molecule has 5 nitrogen and oxygen atoms in total. The van der Waals surface area contributed by atoms with Crippen LogP contribution in [0.3, 0.4) is 0 Å². The highest BCUT2D eigenvalue weighted by molar-refractivity contribution is 7.65. The molecule has 0 aromatic carbocycles. The molecule has 0 amide bonds. The summed E-state index contributed by atoms with van der Waals surface area (Å²) in [5, 5.41) is 16.7. The van der Waals surface area contributed by atoms with Crippen LogP contribution in [-0.4, -0.2) is 27.9 Å². The second-order valence-electron chi connectivity index (χ2n) is 2.25. The molecule has 1 unspecified atom stereocenters. The lowest BCUT2D eigenvalue weighted by molar-refractivity contribution is -0.142. The minimum Gasteiger partial charge on any atom is -0.481 e. The van der Waals surface area contributed by atoms with E-state index in [0.717, 1.165) is 0 Å². The van der Waals surface area contributed by atoms with Gasteiger partial charge in [0.15, 0.2) is 0 Å². The zero-order chi connectivity index (χ0) is 9.56. The van der Waals surface area contributed by atoms with E-state index in [1.807, 2.05) is 0 Å². The van der Waals surface area contributed by atoms with E-state index in [1.165, 1.54) is 0 Å². The van der Waals surface area contributed by atoms with Gasteiger partial charge in [0.2, 0.25) is 5.75 Å². The Labute approximate surface area is 72.9 Å². The molecule has 0 aromatic rings. The van der Waals surface area contributed by atoms with Crippen LogP contribution < -0.4 is 0 Å². The molecule has 68 valence electrons. The molecular weight excluding hydrogens is 184 g/mol. The number of rotatable bonds is 6. The number of carboxylic acid groups (broad SMARTS) is 2. The molecule has 6 heteroatoms. The average molecular weight is 193 g/mol. The van der Waals surface area contributed by atoms with Gasteiger partial charge in [0.25, 0.3) is 0 Å². The van der Waals surface area contributed by atoms with Gasteiger partial charge in [-0.3, -0.25) is 9.59 Å². The Bertz CT molecular complexity index is 190. The van der Waals surface area contributed by atoms with E-state index in [9.17, 15) is 13.8 Å². The van der Waals surface area contributed by atoms with Crippen LogP contribution in [0.5, 0.6) is 0 Å². The van der Waals surface area contributed by atoms with Crippen molar-refractivity contribution in [2.75, 3.05) is 5.75 Å². The Morgan fingerprint density at radius 2 is 1.92 bits per heavy atom. The van der Waals surface area contributed by atoms with Crippen LogP contribution in [0.25, 0.3) is 0 Å². The molecule has 0 rings (SSSR count). The lowest BCUT2D eigenvalue weighted by atomic mass is 10.1. The van der Waals surface area contributed by atoms with Crippen molar-refractivity contribution in [3.63, 3.8) is 0 Å². The van der Waals surface area contributed by atoms with Crippen molar-refractivity contribution in [3.8, 4) is 0 Å². The van der Waals surface area contributed by atoms with E-state index in [4.69, 9.17) is 10.2 Å². The normalized spacial score (nSPS) is 12.0. The average Bonchev–Trinajstić information content (AvgIpc) is 1.96. The summed E-state index contributed by atoms with van der Waals surface area (Å²) in [4.78, 5) is 20.4. The highest BCUT2D eigenvalue weighted by Gasteiger charge is 2.24. The quantitative estimate of drug-likeness (QED) is 0.578. The fourth-order valence-corrected chi connectivity index (χ4v) is 1.13. The van der Waals surface area contributed by atoms with Gasteiger partial charge >= 0.3 is 23.6 Å². The maximum Gasteiger partial charge on any atom is 0.459 e. The highest BCUT2D eigenvalue weighted by atomic mass is 32.1. The van der Waals surface area contributed by atoms with Gasteiger partial charge in [0.1, 0.15) is 5.92 Å². The second kappa shape index (κ2) is 5.59. The molecule has 0 heterocycles. The zero-order valence-corrected chi connectivity index (χ0v) is 7.04. The van der Waals surface area contributed by atoms with Crippen LogP contribution in [0.15, 0.2) is 0 Å². The predicted molar refractivity (Wildman–Crippen MR) is 40.9 cm³/mol. The fraction of sp³-hybridized carbons (Fsp3) is 0.667. The molecule has 12 heavy (non-hydrogen) atoms. The van der Waals surface area contributed by atoms with Crippen molar-refractivity contribution in [2.24, 2.45) is 5.92 Å². The molecule has 2 N–H and O–H groups in total. The van der Waals surface area contributed by atoms with Crippen molar-refractivity contribution in [2.45, 2.75) is 12.8 Å². The van der Waals surface area contributed by atoms with Crippen LogP contribution in [-0.2, 0) is 25.5 Å². The van der Waals surface area contributed by atoms with Gasteiger partial charge in [-0.05, 0) is 6.42 Å². The molecule has 0 aliphatic carbocycles. The Balaban J connectivity index is 3.86. The van der Waals surface area contributed by atoms with Gasteiger partial charge in [0, 0.05) is 10.6 Å². The SMILES string of the molecule is O=[S+]CC(CCC(=O)O)C(=O)O. The van der Waals surface area contributed by atoms with Crippen molar-refractivity contribution >= 4 is 23.6 Å². The highest BCUT2D eigenvalue weighted by Crippen LogP contribution is 2.06. The van der Waals surface area contributed by atoms with Crippen molar-refractivity contribution in [1.29, 1.82) is 0 Å². The summed E-state index contributed by atoms with van der Waals surface area (Å²) >= 11 is 0.166. The molecule has 0 saturated heterocycles. The zero-order valence-electron chi connectivity index (χ0n) is 6.23. The molecule has 0 bridgehead atoms. The Kier molecular flexibility index (Phi) is 5.11. The van der Waals surface area contributed by atoms with Crippen molar-refractivity contribution in [3.05, 3.63) is 0 Å². The van der Waals surface area contributed by atoms with Gasteiger partial charge < -0.3 is 10.2 Å². The van der Waals surface area contributed by atoms with Gasteiger partial charge in [-0.2, -0.15) is 0 Å². The molecule has 1 atom stereocenters. The maximum atomic E-state index is 10.4. The van der Waals surface area contributed by atoms with Crippen molar-refractivity contribution in [1.82, 2.24) is 0 Å². The van der Waals surface area contributed by atoms with E-state index < -0.39 is 17.9 Å². The molecule has 0 spiro atoms. The van der Waals surface area contributed by atoms with Crippen LogP contribution in [0.4, 0.5) is 0 Å². The molecule has 0 aliphatic rings. The van der Waals surface area contributed by atoms with Crippen LogP contribution in [0, 0.1) is 5.92 Å². The largest absolute Gasteiger partial charge is 0.481 e.